The van der Waals surface area contributed by atoms with Gasteiger partial charge in [0.05, 0.1) is 21.7 Å². The van der Waals surface area contributed by atoms with Gasteiger partial charge < -0.3 is 25.4 Å². The first-order valence-electron chi connectivity index (χ1n) is 14.8. The highest BCUT2D eigenvalue weighted by Gasteiger charge is 2.33. The van der Waals surface area contributed by atoms with Crippen LogP contribution in [-0.4, -0.2) is 87.9 Å². The Bertz CT molecular complexity index is 1720. The van der Waals surface area contributed by atoms with E-state index >= 15 is 0 Å². The van der Waals surface area contributed by atoms with Gasteiger partial charge in [0.2, 0.25) is 0 Å². The molecule has 2 amide bonds. The predicted octanol–water partition coefficient (Wildman–Crippen LogP) is 3.24. The molecule has 0 atom stereocenters. The van der Waals surface area contributed by atoms with E-state index in [-0.39, 0.29) is 16.7 Å². The van der Waals surface area contributed by atoms with Gasteiger partial charge in [-0.1, -0.05) is 18.2 Å². The highest BCUT2D eigenvalue weighted by Crippen LogP contribution is 2.38. The average Bonchev–Trinajstić information content (AvgIpc) is 3.65. The monoisotopic (exact) mass is 602 g/mol. The van der Waals surface area contributed by atoms with E-state index in [2.05, 4.69) is 32.5 Å². The second-order valence-corrected chi connectivity index (χ2v) is 13.5. The van der Waals surface area contributed by atoms with Gasteiger partial charge in [0.25, 0.3) is 21.8 Å². The van der Waals surface area contributed by atoms with E-state index in [4.69, 9.17) is 0 Å². The van der Waals surface area contributed by atoms with Gasteiger partial charge >= 0.3 is 0 Å². The molecule has 3 aliphatic heterocycles. The van der Waals surface area contributed by atoms with Crippen LogP contribution in [0.5, 0.6) is 0 Å². The minimum atomic E-state index is -3.83. The number of para-hydroxylation sites is 1. The fourth-order valence-electron chi connectivity index (χ4n) is 6.22. The fraction of sp³-hybridized carbons (Fsp3) is 0.375. The van der Waals surface area contributed by atoms with Crippen molar-refractivity contribution in [1.82, 2.24) is 20.1 Å². The molecule has 3 aliphatic rings. The van der Waals surface area contributed by atoms with Gasteiger partial charge in [0, 0.05) is 61.9 Å². The van der Waals surface area contributed by atoms with Crippen molar-refractivity contribution in [2.45, 2.75) is 31.6 Å². The van der Waals surface area contributed by atoms with Gasteiger partial charge in [0.15, 0.2) is 0 Å². The number of nitrogens with zero attached hydrogens (tertiary/aromatic N) is 3. The third kappa shape index (κ3) is 5.60. The second kappa shape index (κ2) is 11.6. The largest absolute Gasteiger partial charge is 0.358 e. The van der Waals surface area contributed by atoms with Crippen LogP contribution in [0.2, 0.25) is 0 Å². The molecule has 0 aliphatic carbocycles. The number of fused-ring (bicyclic) bond motifs is 2. The highest BCUT2D eigenvalue weighted by atomic mass is 32.2. The number of hydrogen-bond donors (Lipinski definition) is 3. The number of sulfonamides is 1. The number of likely N-dealkylation sites (N-methyl/N-ethyl adjacent to an activating group) is 1. The summed E-state index contributed by atoms with van der Waals surface area (Å²) >= 11 is 0. The molecule has 3 N–H and O–H groups in total. The summed E-state index contributed by atoms with van der Waals surface area (Å²) in [6.07, 6.45) is 3.23. The van der Waals surface area contributed by atoms with Gasteiger partial charge in [-0.3, -0.25) is 13.9 Å². The first kappa shape index (κ1) is 29.2. The van der Waals surface area contributed by atoms with Crippen LogP contribution < -0.4 is 14.9 Å². The zero-order valence-electron chi connectivity index (χ0n) is 24.9. The van der Waals surface area contributed by atoms with Gasteiger partial charge in [-0.05, 0) is 81.7 Å². The summed E-state index contributed by atoms with van der Waals surface area (Å²) in [5.41, 5.74) is 5.75. The number of aryl methyl sites for hydroxylation is 1. The minimum Gasteiger partial charge on any atom is -0.358 e. The average molecular weight is 603 g/mol. The Balaban J connectivity index is 1.20. The van der Waals surface area contributed by atoms with Crippen LogP contribution in [0.3, 0.4) is 0 Å². The van der Waals surface area contributed by atoms with Crippen LogP contribution in [0.25, 0.3) is 11.6 Å². The lowest BCUT2D eigenvalue weighted by atomic mass is 10.0. The molecule has 11 heteroatoms. The maximum absolute atomic E-state index is 13.7. The van der Waals surface area contributed by atoms with E-state index in [0.29, 0.717) is 59.0 Å². The number of benzene rings is 2. The van der Waals surface area contributed by atoms with Crippen LogP contribution >= 0.6 is 0 Å². The third-order valence-corrected chi connectivity index (χ3v) is 10.5. The summed E-state index contributed by atoms with van der Waals surface area (Å²) in [6, 6.07) is 12.2. The lowest BCUT2D eigenvalue weighted by Crippen LogP contribution is -2.45. The van der Waals surface area contributed by atoms with E-state index in [0.717, 1.165) is 50.3 Å². The molecule has 0 bridgehead atoms. The molecule has 43 heavy (non-hydrogen) atoms. The molecule has 4 heterocycles. The number of carbonyl (C=O) groups excluding carboxylic acids is 2. The lowest BCUT2D eigenvalue weighted by molar-refractivity contribution is -0.110. The maximum atomic E-state index is 13.7. The van der Waals surface area contributed by atoms with E-state index in [1.54, 1.807) is 18.2 Å². The standard InChI is InChI=1S/C32H38N6O4S/c1-21-28(34-22(2)30(21)32(40)33-12-6-13-37-17-15-36(3)16-18-37)20-26-25-19-24(9-10-27(25)35-31(26)39)43(41,42)38-14-11-23-7-4-5-8-29(23)38/h4-5,7-10,19-20,34H,6,11-18H2,1-3H3,(H,33,40)(H,35,39). The summed E-state index contributed by atoms with van der Waals surface area (Å²) in [4.78, 5) is 34.3. The summed E-state index contributed by atoms with van der Waals surface area (Å²) in [5, 5.41) is 5.89. The Morgan fingerprint density at radius 1 is 1.05 bits per heavy atom. The molecule has 1 saturated heterocycles. The fourth-order valence-corrected chi connectivity index (χ4v) is 7.75. The Hall–Kier alpha value is -3.93. The zero-order valence-corrected chi connectivity index (χ0v) is 25.7. The molecule has 6 rings (SSSR count). The van der Waals surface area contributed by atoms with E-state index in [9.17, 15) is 18.0 Å². The van der Waals surface area contributed by atoms with Crippen molar-refractivity contribution in [3.8, 4) is 0 Å². The third-order valence-electron chi connectivity index (χ3n) is 8.73. The molecular weight excluding hydrogens is 564 g/mol. The normalized spacial score (nSPS) is 18.2. The van der Waals surface area contributed by atoms with Crippen molar-refractivity contribution < 1.29 is 18.0 Å². The number of piperazine rings is 1. The lowest BCUT2D eigenvalue weighted by Gasteiger charge is -2.32. The summed E-state index contributed by atoms with van der Waals surface area (Å²) < 4.78 is 28.8. The summed E-state index contributed by atoms with van der Waals surface area (Å²) in [5.74, 6) is -0.470. The van der Waals surface area contributed by atoms with Gasteiger partial charge in [-0.15, -0.1) is 0 Å². The van der Waals surface area contributed by atoms with Gasteiger partial charge in [-0.25, -0.2) is 8.42 Å². The first-order chi connectivity index (χ1) is 20.6. The Morgan fingerprint density at radius 2 is 1.81 bits per heavy atom. The summed E-state index contributed by atoms with van der Waals surface area (Å²) in [6.45, 7) is 9.85. The molecule has 0 saturated carbocycles. The number of carbonyl (C=O) groups is 2. The Kier molecular flexibility index (Phi) is 7.89. The van der Waals surface area contributed by atoms with Crippen molar-refractivity contribution in [3.05, 3.63) is 76.1 Å². The number of rotatable bonds is 8. The smallest absolute Gasteiger partial charge is 0.264 e. The molecule has 3 aromatic rings. The number of anilines is 2. The van der Waals surface area contributed by atoms with E-state index in [1.807, 2.05) is 38.1 Å². The second-order valence-electron chi connectivity index (χ2n) is 11.6. The molecule has 1 aromatic heterocycles. The van der Waals surface area contributed by atoms with Crippen LogP contribution in [-0.2, 0) is 21.2 Å². The van der Waals surface area contributed by atoms with Crippen molar-refractivity contribution in [3.63, 3.8) is 0 Å². The van der Waals surface area contributed by atoms with Crippen molar-refractivity contribution in [2.75, 3.05) is 62.5 Å². The Morgan fingerprint density at radius 3 is 2.60 bits per heavy atom. The number of amides is 2. The van der Waals surface area contributed by atoms with Gasteiger partial charge in [0.1, 0.15) is 0 Å². The minimum absolute atomic E-state index is 0.126. The topological polar surface area (TPSA) is 118 Å². The van der Waals surface area contributed by atoms with E-state index < -0.39 is 10.0 Å². The maximum Gasteiger partial charge on any atom is 0.264 e. The van der Waals surface area contributed by atoms with Crippen LogP contribution in [0.15, 0.2) is 47.4 Å². The Labute approximate surface area is 252 Å². The molecule has 226 valence electrons. The van der Waals surface area contributed by atoms with Crippen molar-refractivity contribution in [2.24, 2.45) is 0 Å². The van der Waals surface area contributed by atoms with Crippen molar-refractivity contribution in [1.29, 1.82) is 0 Å². The molecule has 1 fully saturated rings. The molecule has 10 nitrogen and oxygen atoms in total. The predicted molar refractivity (Wildman–Crippen MR) is 169 cm³/mol. The molecule has 0 radical (unpaired) electrons. The number of aromatic amines is 1. The van der Waals surface area contributed by atoms with Crippen LogP contribution in [0, 0.1) is 13.8 Å². The van der Waals surface area contributed by atoms with Crippen molar-refractivity contribution >= 4 is 44.9 Å². The SMILES string of the molecule is Cc1[nH]c(C=C2C(=O)Nc3ccc(S(=O)(=O)N4CCc5ccccc54)cc32)c(C)c1C(=O)NCCCN1CCN(C)CC1. The highest BCUT2D eigenvalue weighted by molar-refractivity contribution is 7.92. The number of hydrogen-bond acceptors (Lipinski definition) is 6. The number of H-pyrrole nitrogens is 1. The first-order valence-corrected chi connectivity index (χ1v) is 16.2. The van der Waals surface area contributed by atoms with Gasteiger partial charge in [-0.2, -0.15) is 0 Å². The quantitative estimate of drug-likeness (QED) is 0.269. The van der Waals surface area contributed by atoms with E-state index in [1.165, 1.54) is 10.4 Å². The zero-order chi connectivity index (χ0) is 30.3. The molecule has 2 aromatic carbocycles. The summed E-state index contributed by atoms with van der Waals surface area (Å²) in [7, 11) is -1.69. The number of aromatic nitrogens is 1. The molecule has 0 spiro atoms. The van der Waals surface area contributed by atoms with Crippen LogP contribution in [0.1, 0.15) is 44.9 Å². The molecular formula is C32H38N6O4S. The van der Waals surface area contributed by atoms with Crippen LogP contribution in [0.4, 0.5) is 11.4 Å². The molecule has 0 unspecified atom stereocenters. The number of nitrogens with one attached hydrogen (secondary N) is 3.